The van der Waals surface area contributed by atoms with Gasteiger partial charge in [0.15, 0.2) is 12.8 Å². The number of ether oxygens (including phenoxy) is 2. The van der Waals surface area contributed by atoms with E-state index in [2.05, 4.69) is 9.97 Å². The van der Waals surface area contributed by atoms with E-state index in [4.69, 9.17) is 18.3 Å². The number of cyclic esters (lactones) is 2. The predicted octanol–water partition coefficient (Wildman–Crippen LogP) is 5.01. The number of aromatic nitrogens is 2. The molecule has 0 unspecified atom stereocenters. The summed E-state index contributed by atoms with van der Waals surface area (Å²) in [6.07, 6.45) is 12.8. The molecule has 0 aromatic carbocycles. The van der Waals surface area contributed by atoms with Crippen LogP contribution >= 0.6 is 0 Å². The summed E-state index contributed by atoms with van der Waals surface area (Å²) >= 11 is 0. The van der Waals surface area contributed by atoms with Crippen molar-refractivity contribution in [2.24, 2.45) is 11.8 Å². The molecule has 0 radical (unpaired) electrons. The zero-order chi connectivity index (χ0) is 24.5. The number of carbonyl (C=O) groups is 2. The SMILES string of the molecule is C/C1=C\CC[C@H](C)[C@H](Cc2cnco2)OC(=O)/C(C)=C/[C@H](C)CC[C@H](Cc2cnco2)OC1=O. The third-order valence-corrected chi connectivity index (χ3v) is 6.16. The van der Waals surface area contributed by atoms with Crippen molar-refractivity contribution in [2.45, 2.75) is 78.4 Å². The van der Waals surface area contributed by atoms with Gasteiger partial charge in [0.25, 0.3) is 0 Å². The second kappa shape index (κ2) is 12.3. The van der Waals surface area contributed by atoms with Crippen molar-refractivity contribution in [1.29, 1.82) is 0 Å². The number of oxazole rings is 2. The smallest absolute Gasteiger partial charge is 0.333 e. The van der Waals surface area contributed by atoms with Gasteiger partial charge >= 0.3 is 11.9 Å². The van der Waals surface area contributed by atoms with E-state index in [1.165, 1.54) is 12.8 Å². The molecule has 4 atom stereocenters. The maximum atomic E-state index is 12.9. The average molecular weight is 471 g/mol. The Bertz CT molecular complexity index is 977. The first-order valence-electron chi connectivity index (χ1n) is 11.8. The third kappa shape index (κ3) is 7.71. The van der Waals surface area contributed by atoms with Gasteiger partial charge in [-0.2, -0.15) is 0 Å². The first-order valence-corrected chi connectivity index (χ1v) is 11.8. The van der Waals surface area contributed by atoms with Gasteiger partial charge in [-0.15, -0.1) is 0 Å². The van der Waals surface area contributed by atoms with Crippen LogP contribution in [0.5, 0.6) is 0 Å². The summed E-state index contributed by atoms with van der Waals surface area (Å²) in [5.74, 6) is 0.829. The van der Waals surface area contributed by atoms with Gasteiger partial charge in [0.1, 0.15) is 23.7 Å². The minimum Gasteiger partial charge on any atom is -0.459 e. The Morgan fingerprint density at radius 2 is 1.50 bits per heavy atom. The summed E-state index contributed by atoms with van der Waals surface area (Å²) in [7, 11) is 0. The lowest BCUT2D eigenvalue weighted by Crippen LogP contribution is -2.28. The summed E-state index contributed by atoms with van der Waals surface area (Å²) in [4.78, 5) is 33.5. The van der Waals surface area contributed by atoms with E-state index in [9.17, 15) is 9.59 Å². The Balaban J connectivity index is 1.78. The molecular formula is C26H34N2O6. The third-order valence-electron chi connectivity index (χ3n) is 6.16. The van der Waals surface area contributed by atoms with E-state index in [0.29, 0.717) is 48.3 Å². The number of hydrogen-bond acceptors (Lipinski definition) is 8. The largest absolute Gasteiger partial charge is 0.459 e. The van der Waals surface area contributed by atoms with E-state index >= 15 is 0 Å². The highest BCUT2D eigenvalue weighted by molar-refractivity contribution is 5.88. The van der Waals surface area contributed by atoms with E-state index in [0.717, 1.165) is 12.8 Å². The van der Waals surface area contributed by atoms with Crippen LogP contribution in [0.2, 0.25) is 0 Å². The van der Waals surface area contributed by atoms with Crippen LogP contribution in [0, 0.1) is 11.8 Å². The summed E-state index contributed by atoms with van der Waals surface area (Å²) in [6.45, 7) is 7.61. The van der Waals surface area contributed by atoms with Crippen molar-refractivity contribution in [3.8, 4) is 0 Å². The Kier molecular flexibility index (Phi) is 9.24. The molecule has 1 aliphatic rings. The number of hydrogen-bond donors (Lipinski definition) is 0. The Labute approximate surface area is 200 Å². The topological polar surface area (TPSA) is 105 Å². The van der Waals surface area contributed by atoms with Gasteiger partial charge in [0.2, 0.25) is 0 Å². The molecule has 0 amide bonds. The van der Waals surface area contributed by atoms with Gasteiger partial charge in [-0.05, 0) is 51.4 Å². The van der Waals surface area contributed by atoms with Crippen LogP contribution < -0.4 is 0 Å². The van der Waals surface area contributed by atoms with Gasteiger partial charge in [0, 0.05) is 24.0 Å². The molecule has 0 saturated carbocycles. The van der Waals surface area contributed by atoms with Crippen LogP contribution in [-0.2, 0) is 31.9 Å². The number of carbonyl (C=O) groups excluding carboxylic acids is 2. The van der Waals surface area contributed by atoms with Crippen LogP contribution in [-0.4, -0.2) is 34.1 Å². The summed E-state index contributed by atoms with van der Waals surface area (Å²) in [6, 6.07) is 0. The second-order valence-electron chi connectivity index (χ2n) is 9.16. The number of allylic oxidation sites excluding steroid dienone is 2. The molecule has 0 saturated heterocycles. The first-order chi connectivity index (χ1) is 16.3. The summed E-state index contributed by atoms with van der Waals surface area (Å²) < 4.78 is 22.5. The van der Waals surface area contributed by atoms with Crippen molar-refractivity contribution in [2.75, 3.05) is 0 Å². The average Bonchev–Trinajstić information content (AvgIpc) is 3.50. The lowest BCUT2D eigenvalue weighted by Gasteiger charge is -2.24. The van der Waals surface area contributed by atoms with E-state index in [1.807, 2.05) is 26.0 Å². The molecule has 0 N–H and O–H groups in total. The van der Waals surface area contributed by atoms with Crippen molar-refractivity contribution in [1.82, 2.24) is 9.97 Å². The van der Waals surface area contributed by atoms with Crippen molar-refractivity contribution in [3.05, 3.63) is 60.0 Å². The van der Waals surface area contributed by atoms with Crippen molar-refractivity contribution < 1.29 is 27.9 Å². The molecule has 0 aliphatic carbocycles. The highest BCUT2D eigenvalue weighted by Gasteiger charge is 2.25. The molecule has 0 fully saturated rings. The maximum Gasteiger partial charge on any atom is 0.333 e. The van der Waals surface area contributed by atoms with E-state index in [1.54, 1.807) is 26.2 Å². The van der Waals surface area contributed by atoms with Crippen LogP contribution in [0.1, 0.15) is 64.9 Å². The molecule has 0 spiro atoms. The van der Waals surface area contributed by atoms with Crippen molar-refractivity contribution >= 4 is 11.9 Å². The second-order valence-corrected chi connectivity index (χ2v) is 9.16. The van der Waals surface area contributed by atoms with E-state index < -0.39 is 0 Å². The standard InChI is InChI=1S/C26H34N2O6/c1-17-8-9-21(11-22-13-27-15-31-22)33-25(29)19(3)7-5-6-18(2)24(12-23-14-28-16-32-23)34-26(30)20(4)10-17/h7,10,13-18,21,24H,5-6,8-9,11-12H2,1-4H3/b19-7+,20-10+/t17-,18+,21-,24+/m1/s1. The fraction of sp³-hybridized carbons (Fsp3) is 0.538. The summed E-state index contributed by atoms with van der Waals surface area (Å²) in [5.41, 5.74) is 1.13. The number of esters is 2. The Morgan fingerprint density at radius 1 is 0.853 bits per heavy atom. The Hall–Kier alpha value is -3.16. The first kappa shape index (κ1) is 25.5. The number of rotatable bonds is 4. The minimum atomic E-state index is -0.362. The van der Waals surface area contributed by atoms with Crippen LogP contribution in [0.4, 0.5) is 0 Å². The minimum absolute atomic E-state index is 0.0476. The molecule has 184 valence electrons. The highest BCUT2D eigenvalue weighted by Crippen LogP contribution is 2.23. The molecular weight excluding hydrogens is 436 g/mol. The molecule has 2 aromatic rings. The van der Waals surface area contributed by atoms with Crippen LogP contribution in [0.15, 0.2) is 57.3 Å². The lowest BCUT2D eigenvalue weighted by molar-refractivity contribution is -0.147. The fourth-order valence-corrected chi connectivity index (χ4v) is 4.00. The number of nitrogens with zero attached hydrogens (tertiary/aromatic N) is 2. The fourth-order valence-electron chi connectivity index (χ4n) is 4.00. The Morgan fingerprint density at radius 3 is 2.15 bits per heavy atom. The van der Waals surface area contributed by atoms with Gasteiger partial charge < -0.3 is 18.3 Å². The maximum absolute atomic E-state index is 12.9. The zero-order valence-corrected chi connectivity index (χ0v) is 20.4. The molecule has 34 heavy (non-hydrogen) atoms. The molecule has 3 heterocycles. The monoisotopic (exact) mass is 470 g/mol. The molecule has 8 heteroatoms. The molecule has 3 rings (SSSR count). The molecule has 8 nitrogen and oxygen atoms in total. The van der Waals surface area contributed by atoms with Gasteiger partial charge in [-0.25, -0.2) is 19.6 Å². The molecule has 1 aliphatic heterocycles. The van der Waals surface area contributed by atoms with Crippen molar-refractivity contribution in [3.63, 3.8) is 0 Å². The molecule has 0 bridgehead atoms. The van der Waals surface area contributed by atoms with Crippen LogP contribution in [0.3, 0.4) is 0 Å². The molecule has 2 aromatic heterocycles. The van der Waals surface area contributed by atoms with Gasteiger partial charge in [0.05, 0.1) is 12.4 Å². The van der Waals surface area contributed by atoms with Gasteiger partial charge in [-0.1, -0.05) is 26.0 Å². The summed E-state index contributed by atoms with van der Waals surface area (Å²) in [5, 5.41) is 0. The quantitative estimate of drug-likeness (QED) is 0.574. The van der Waals surface area contributed by atoms with Gasteiger partial charge in [-0.3, -0.25) is 0 Å². The zero-order valence-electron chi connectivity index (χ0n) is 20.4. The van der Waals surface area contributed by atoms with E-state index in [-0.39, 0.29) is 36.0 Å². The predicted molar refractivity (Wildman–Crippen MR) is 124 cm³/mol. The normalized spacial score (nSPS) is 28.8. The highest BCUT2D eigenvalue weighted by atomic mass is 16.5. The van der Waals surface area contributed by atoms with Crippen LogP contribution in [0.25, 0.3) is 0 Å². The lowest BCUT2D eigenvalue weighted by atomic mass is 9.94.